The normalized spacial score (nSPS) is 49.0. The van der Waals surface area contributed by atoms with Gasteiger partial charge in [0.2, 0.25) is 0 Å². The Morgan fingerprint density at radius 2 is 2.04 bits per heavy atom. The second kappa shape index (κ2) is 5.73. The Morgan fingerprint density at radius 3 is 2.76 bits per heavy atom. The van der Waals surface area contributed by atoms with E-state index in [1.807, 2.05) is 6.08 Å². The molecule has 25 heavy (non-hydrogen) atoms. The first kappa shape index (κ1) is 17.4. The molecule has 3 fully saturated rings. The van der Waals surface area contributed by atoms with Gasteiger partial charge in [0.25, 0.3) is 0 Å². The van der Waals surface area contributed by atoms with E-state index in [-0.39, 0.29) is 34.2 Å². The van der Waals surface area contributed by atoms with Gasteiger partial charge >= 0.3 is 0 Å². The van der Waals surface area contributed by atoms with Crippen molar-refractivity contribution in [3.63, 3.8) is 0 Å². The molecule has 0 amide bonds. The number of rotatable bonds is 2. The summed E-state index contributed by atoms with van der Waals surface area (Å²) in [7, 11) is 0. The maximum Gasteiger partial charge on any atom is 0.167 e. The number of halogens is 1. The van der Waals surface area contributed by atoms with E-state index >= 15 is 0 Å². The Bertz CT molecular complexity index is 641. The fraction of sp³-hybridized carbons (Fsp3) is 0.810. The van der Waals surface area contributed by atoms with Crippen molar-refractivity contribution >= 4 is 11.6 Å². The number of aliphatic hydroxyl groups excluding tert-OH is 1. The van der Waals surface area contributed by atoms with Crippen molar-refractivity contribution in [3.05, 3.63) is 11.6 Å². The Balaban J connectivity index is 1.70. The molecule has 0 aromatic rings. The minimum Gasteiger partial charge on any atom is -0.393 e. The van der Waals surface area contributed by atoms with Gasteiger partial charge in [-0.1, -0.05) is 19.4 Å². The van der Waals surface area contributed by atoms with Gasteiger partial charge in [-0.25, -0.2) is 4.39 Å². The van der Waals surface area contributed by atoms with Crippen LogP contribution in [0.3, 0.4) is 0 Å². The molecule has 0 aromatic heterocycles. The van der Waals surface area contributed by atoms with E-state index in [9.17, 15) is 19.1 Å². The summed E-state index contributed by atoms with van der Waals surface area (Å²) >= 11 is 0. The van der Waals surface area contributed by atoms with Crippen LogP contribution in [0.1, 0.15) is 58.8 Å². The summed E-state index contributed by atoms with van der Waals surface area (Å²) in [5.74, 6) is 0.629. The number of Topliss-reactive ketones (excluding diaryl/α,β-unsaturated/α-hetero) is 1. The van der Waals surface area contributed by atoms with Gasteiger partial charge < -0.3 is 5.11 Å². The molecule has 1 N–H and O–H groups in total. The standard InChI is InChI=1S/C21H29FO3/c1-20-8-7-13(23)9-12(20)3-4-14-15-5-6-16(18(25)11-22)21(15,2)10-17(24)19(14)20/h9,14-17,19,24H,3-8,10-11H2,1-2H3/t14-,15-,16+,17-,19+,20-,21-/m0/s1. The van der Waals surface area contributed by atoms with Crippen LogP contribution in [0, 0.1) is 34.5 Å². The number of carbonyl (C=O) groups is 2. The number of allylic oxidation sites excluding steroid dienone is 1. The molecule has 3 saturated carbocycles. The van der Waals surface area contributed by atoms with Crippen LogP contribution in [0.2, 0.25) is 0 Å². The molecule has 4 aliphatic carbocycles. The van der Waals surface area contributed by atoms with Crippen molar-refractivity contribution in [1.82, 2.24) is 0 Å². The van der Waals surface area contributed by atoms with Crippen molar-refractivity contribution in [2.45, 2.75) is 64.9 Å². The molecule has 0 aromatic carbocycles. The monoisotopic (exact) mass is 348 g/mol. The molecule has 4 rings (SSSR count). The van der Waals surface area contributed by atoms with E-state index in [1.165, 1.54) is 5.57 Å². The van der Waals surface area contributed by atoms with Crippen LogP contribution in [-0.4, -0.2) is 29.5 Å². The largest absolute Gasteiger partial charge is 0.393 e. The van der Waals surface area contributed by atoms with Crippen LogP contribution in [0.5, 0.6) is 0 Å². The SMILES string of the molecule is C[C@]12C[C@H](O)[C@H]3[C@@H](CCC4=CC(=O)CC[C@@]43C)[C@@H]1CC[C@@H]2C(=O)CF. The summed E-state index contributed by atoms with van der Waals surface area (Å²) in [5.41, 5.74) is 0.855. The van der Waals surface area contributed by atoms with Crippen LogP contribution in [0.15, 0.2) is 11.6 Å². The lowest BCUT2D eigenvalue weighted by atomic mass is 9.46. The molecule has 4 aliphatic rings. The zero-order valence-electron chi connectivity index (χ0n) is 15.3. The number of alkyl halides is 1. The van der Waals surface area contributed by atoms with E-state index in [4.69, 9.17) is 0 Å². The first-order valence-corrected chi connectivity index (χ1v) is 9.82. The number of ketones is 2. The van der Waals surface area contributed by atoms with E-state index in [2.05, 4.69) is 13.8 Å². The Kier molecular flexibility index (Phi) is 3.99. The second-order valence-electron chi connectivity index (χ2n) is 9.40. The Hall–Kier alpha value is -1.03. The van der Waals surface area contributed by atoms with Crippen LogP contribution in [-0.2, 0) is 9.59 Å². The molecule has 4 heteroatoms. The summed E-state index contributed by atoms with van der Waals surface area (Å²) in [4.78, 5) is 24.0. The average Bonchev–Trinajstić information content (AvgIpc) is 2.91. The maximum atomic E-state index is 13.1. The fourth-order valence-electron chi connectivity index (χ4n) is 7.31. The summed E-state index contributed by atoms with van der Waals surface area (Å²) in [6.07, 6.45) is 6.98. The van der Waals surface area contributed by atoms with Crippen molar-refractivity contribution in [1.29, 1.82) is 0 Å². The maximum absolute atomic E-state index is 13.1. The minimum atomic E-state index is -0.885. The van der Waals surface area contributed by atoms with Gasteiger partial charge in [-0.3, -0.25) is 9.59 Å². The number of hydrogen-bond acceptors (Lipinski definition) is 3. The molecular weight excluding hydrogens is 319 g/mol. The van der Waals surface area contributed by atoms with Gasteiger partial charge in [-0.2, -0.15) is 0 Å². The van der Waals surface area contributed by atoms with E-state index in [0.717, 1.165) is 32.1 Å². The van der Waals surface area contributed by atoms with E-state index < -0.39 is 12.8 Å². The zero-order chi connectivity index (χ0) is 18.0. The molecule has 0 saturated heterocycles. The number of hydrogen-bond donors (Lipinski definition) is 1. The topological polar surface area (TPSA) is 54.4 Å². The highest BCUT2D eigenvalue weighted by molar-refractivity contribution is 5.91. The lowest BCUT2D eigenvalue weighted by molar-refractivity contribution is -0.145. The van der Waals surface area contributed by atoms with Crippen LogP contribution >= 0.6 is 0 Å². The molecule has 0 aliphatic heterocycles. The summed E-state index contributed by atoms with van der Waals surface area (Å²) in [5, 5.41) is 11.1. The van der Waals surface area contributed by atoms with Gasteiger partial charge in [0, 0.05) is 12.3 Å². The van der Waals surface area contributed by atoms with Crippen LogP contribution in [0.4, 0.5) is 4.39 Å². The molecule has 7 atom stereocenters. The third-order valence-corrected chi connectivity index (χ3v) is 8.41. The highest BCUT2D eigenvalue weighted by Crippen LogP contribution is 2.66. The van der Waals surface area contributed by atoms with Gasteiger partial charge in [-0.05, 0) is 73.2 Å². The number of aliphatic hydroxyl groups is 1. The van der Waals surface area contributed by atoms with Crippen LogP contribution < -0.4 is 0 Å². The molecule has 3 nitrogen and oxygen atoms in total. The summed E-state index contributed by atoms with van der Waals surface area (Å²) < 4.78 is 13.1. The Morgan fingerprint density at radius 1 is 1.28 bits per heavy atom. The van der Waals surface area contributed by atoms with Crippen molar-refractivity contribution < 1.29 is 19.1 Å². The first-order valence-electron chi connectivity index (χ1n) is 9.82. The van der Waals surface area contributed by atoms with Crippen molar-refractivity contribution in [2.24, 2.45) is 34.5 Å². The smallest absolute Gasteiger partial charge is 0.167 e. The lowest BCUT2D eigenvalue weighted by Crippen LogP contribution is -2.57. The third kappa shape index (κ3) is 2.32. The summed E-state index contributed by atoms with van der Waals surface area (Å²) in [6, 6.07) is 0. The van der Waals surface area contributed by atoms with Gasteiger partial charge in [0.05, 0.1) is 6.10 Å². The third-order valence-electron chi connectivity index (χ3n) is 8.41. The predicted octanol–water partition coefficient (Wildman–Crippen LogP) is 3.64. The predicted molar refractivity (Wildman–Crippen MR) is 92.6 cm³/mol. The van der Waals surface area contributed by atoms with Crippen LogP contribution in [0.25, 0.3) is 0 Å². The first-order chi connectivity index (χ1) is 11.8. The minimum absolute atomic E-state index is 0.0975. The molecule has 0 spiro atoms. The van der Waals surface area contributed by atoms with Crippen molar-refractivity contribution in [2.75, 3.05) is 6.67 Å². The fourth-order valence-corrected chi connectivity index (χ4v) is 7.31. The van der Waals surface area contributed by atoms with Gasteiger partial charge in [0.15, 0.2) is 11.6 Å². The zero-order valence-corrected chi connectivity index (χ0v) is 15.3. The molecule has 0 bridgehead atoms. The van der Waals surface area contributed by atoms with Crippen molar-refractivity contribution in [3.8, 4) is 0 Å². The molecular formula is C21H29FO3. The Labute approximate surface area is 149 Å². The number of carbonyl (C=O) groups excluding carboxylic acids is 2. The summed E-state index contributed by atoms with van der Waals surface area (Å²) in [6.45, 7) is 3.46. The van der Waals surface area contributed by atoms with E-state index in [0.29, 0.717) is 24.7 Å². The van der Waals surface area contributed by atoms with Gasteiger partial charge in [-0.15, -0.1) is 0 Å². The quantitative estimate of drug-likeness (QED) is 0.829. The second-order valence-corrected chi connectivity index (χ2v) is 9.40. The molecule has 138 valence electrons. The molecule has 0 radical (unpaired) electrons. The van der Waals surface area contributed by atoms with Gasteiger partial charge in [0.1, 0.15) is 6.67 Å². The highest BCUT2D eigenvalue weighted by atomic mass is 19.1. The number of fused-ring (bicyclic) bond motifs is 5. The molecule has 0 unspecified atom stereocenters. The molecule has 0 heterocycles. The highest BCUT2D eigenvalue weighted by Gasteiger charge is 2.62. The lowest BCUT2D eigenvalue weighted by Gasteiger charge is -2.59. The van der Waals surface area contributed by atoms with E-state index in [1.54, 1.807) is 0 Å². The average molecular weight is 348 g/mol.